The molecule has 0 aliphatic heterocycles. The van der Waals surface area contributed by atoms with Crippen molar-refractivity contribution in [3.63, 3.8) is 0 Å². The number of allylic oxidation sites excluding steroid dienone is 3. The van der Waals surface area contributed by atoms with E-state index in [1.807, 2.05) is 32.9 Å². The second-order valence-electron chi connectivity index (χ2n) is 5.73. The van der Waals surface area contributed by atoms with Crippen LogP contribution < -0.4 is 0 Å². The molecule has 0 bridgehead atoms. The highest BCUT2D eigenvalue weighted by atomic mass is 16.6. The van der Waals surface area contributed by atoms with Gasteiger partial charge in [0.05, 0.1) is 4.92 Å². The molecule has 0 heterocycles. The molecule has 1 atom stereocenters. The molecule has 0 radical (unpaired) electrons. The predicted octanol–water partition coefficient (Wildman–Crippen LogP) is 4.17. The van der Waals surface area contributed by atoms with Crippen LogP contribution >= 0.6 is 0 Å². The molecule has 1 aliphatic rings. The summed E-state index contributed by atoms with van der Waals surface area (Å²) in [5.74, 6) is 0.488. The molecule has 0 fully saturated rings. The van der Waals surface area contributed by atoms with E-state index in [0.717, 1.165) is 23.1 Å². The van der Waals surface area contributed by atoms with E-state index in [2.05, 4.69) is 0 Å². The molecule has 1 aromatic rings. The van der Waals surface area contributed by atoms with Crippen LogP contribution in [0.5, 0.6) is 0 Å². The number of hydrogen-bond donors (Lipinski definition) is 0. The summed E-state index contributed by atoms with van der Waals surface area (Å²) in [5.41, 5.74) is 2.53. The van der Waals surface area contributed by atoms with Gasteiger partial charge in [0.25, 0.3) is 5.69 Å². The van der Waals surface area contributed by atoms with Gasteiger partial charge in [-0.05, 0) is 47.6 Å². The van der Waals surface area contributed by atoms with Gasteiger partial charge in [0, 0.05) is 17.7 Å². The molecule has 0 amide bonds. The summed E-state index contributed by atoms with van der Waals surface area (Å²) in [6.45, 7) is 6.06. The number of hydrogen-bond acceptors (Lipinski definition) is 3. The zero-order valence-corrected chi connectivity index (χ0v) is 12.5. The third kappa shape index (κ3) is 3.27. The van der Waals surface area contributed by atoms with Crippen LogP contribution in [-0.2, 0) is 4.79 Å². The van der Waals surface area contributed by atoms with Crippen LogP contribution in [0.4, 0.5) is 5.69 Å². The third-order valence-corrected chi connectivity index (χ3v) is 3.79. The van der Waals surface area contributed by atoms with Gasteiger partial charge in [-0.3, -0.25) is 14.9 Å². The maximum Gasteiger partial charge on any atom is 0.269 e. The molecule has 1 aromatic carbocycles. The number of carbonyl (C=O) groups is 1. The van der Waals surface area contributed by atoms with Crippen LogP contribution in [0.3, 0.4) is 0 Å². The smallest absolute Gasteiger partial charge is 0.269 e. The maximum atomic E-state index is 12.5. The van der Waals surface area contributed by atoms with Gasteiger partial charge >= 0.3 is 0 Å². The monoisotopic (exact) mass is 285 g/mol. The Morgan fingerprint density at radius 3 is 2.43 bits per heavy atom. The average molecular weight is 285 g/mol. The molecule has 0 aromatic heterocycles. The Morgan fingerprint density at radius 1 is 1.29 bits per heavy atom. The van der Waals surface area contributed by atoms with Crippen LogP contribution in [0.1, 0.15) is 32.8 Å². The summed E-state index contributed by atoms with van der Waals surface area (Å²) in [7, 11) is 0. The molecule has 1 aliphatic carbocycles. The van der Waals surface area contributed by atoms with Crippen molar-refractivity contribution in [1.29, 1.82) is 0 Å². The SMILES string of the molecule is CC(C)C1=CCC(C)C(=Cc2ccc([N+](=O)[O-])cc2)C1=O. The number of rotatable bonds is 3. The van der Waals surface area contributed by atoms with Crippen molar-refractivity contribution in [2.24, 2.45) is 11.8 Å². The molecule has 0 spiro atoms. The Bertz CT molecular complexity index is 624. The lowest BCUT2D eigenvalue weighted by Gasteiger charge is -2.23. The fourth-order valence-corrected chi connectivity index (χ4v) is 2.49. The van der Waals surface area contributed by atoms with Crippen molar-refractivity contribution in [3.05, 3.63) is 57.2 Å². The van der Waals surface area contributed by atoms with Gasteiger partial charge in [-0.1, -0.05) is 26.8 Å². The third-order valence-electron chi connectivity index (χ3n) is 3.79. The number of Topliss-reactive ketones (excluding diaryl/α,β-unsaturated/α-hetero) is 1. The first-order valence-corrected chi connectivity index (χ1v) is 7.11. The molecule has 2 rings (SSSR count). The molecule has 0 saturated heterocycles. The molecule has 0 saturated carbocycles. The minimum absolute atomic E-state index is 0.0583. The fraction of sp³-hybridized carbons (Fsp3) is 0.353. The molecule has 21 heavy (non-hydrogen) atoms. The Balaban J connectivity index is 2.33. The van der Waals surface area contributed by atoms with Gasteiger partial charge in [-0.25, -0.2) is 0 Å². The van der Waals surface area contributed by atoms with E-state index in [1.165, 1.54) is 12.1 Å². The molecule has 4 nitrogen and oxygen atoms in total. The van der Waals surface area contributed by atoms with E-state index < -0.39 is 4.92 Å². The highest BCUT2D eigenvalue weighted by Gasteiger charge is 2.26. The van der Waals surface area contributed by atoms with Gasteiger partial charge < -0.3 is 0 Å². The van der Waals surface area contributed by atoms with Crippen LogP contribution in [0.25, 0.3) is 6.08 Å². The Morgan fingerprint density at radius 2 is 1.90 bits per heavy atom. The highest BCUT2D eigenvalue weighted by Crippen LogP contribution is 2.31. The van der Waals surface area contributed by atoms with Crippen LogP contribution in [0, 0.1) is 22.0 Å². The van der Waals surface area contributed by atoms with Crippen molar-refractivity contribution >= 4 is 17.5 Å². The summed E-state index contributed by atoms with van der Waals surface area (Å²) in [6, 6.07) is 6.28. The summed E-state index contributed by atoms with van der Waals surface area (Å²) in [5, 5.41) is 10.7. The minimum atomic E-state index is -0.426. The molecule has 0 N–H and O–H groups in total. The van der Waals surface area contributed by atoms with Crippen LogP contribution in [-0.4, -0.2) is 10.7 Å². The van der Waals surface area contributed by atoms with Crippen LogP contribution in [0.2, 0.25) is 0 Å². The first-order valence-electron chi connectivity index (χ1n) is 7.11. The summed E-state index contributed by atoms with van der Waals surface area (Å²) in [6.07, 6.45) is 4.75. The zero-order chi connectivity index (χ0) is 15.6. The maximum absolute atomic E-state index is 12.5. The number of nitro groups is 1. The topological polar surface area (TPSA) is 60.2 Å². The number of carbonyl (C=O) groups excluding carboxylic acids is 1. The lowest BCUT2D eigenvalue weighted by Crippen LogP contribution is -2.20. The Hall–Kier alpha value is -2.23. The predicted molar refractivity (Wildman–Crippen MR) is 82.8 cm³/mol. The van der Waals surface area contributed by atoms with Gasteiger partial charge in [-0.15, -0.1) is 0 Å². The number of ketones is 1. The lowest BCUT2D eigenvalue weighted by molar-refractivity contribution is -0.384. The second kappa shape index (κ2) is 6.04. The summed E-state index contributed by atoms with van der Waals surface area (Å²) >= 11 is 0. The van der Waals surface area contributed by atoms with E-state index in [1.54, 1.807) is 12.1 Å². The molecular weight excluding hydrogens is 266 g/mol. The second-order valence-corrected chi connectivity index (χ2v) is 5.73. The molecular formula is C17H19NO3. The summed E-state index contributed by atoms with van der Waals surface area (Å²) < 4.78 is 0. The molecule has 4 heteroatoms. The van der Waals surface area contributed by atoms with Crippen molar-refractivity contribution in [2.45, 2.75) is 27.2 Å². The van der Waals surface area contributed by atoms with E-state index in [0.29, 0.717) is 0 Å². The Labute approximate surface area is 124 Å². The lowest BCUT2D eigenvalue weighted by atomic mass is 9.80. The van der Waals surface area contributed by atoms with Gasteiger partial charge in [-0.2, -0.15) is 0 Å². The van der Waals surface area contributed by atoms with Gasteiger partial charge in [0.2, 0.25) is 0 Å². The first kappa shape index (κ1) is 15.2. The number of benzene rings is 1. The normalized spacial score (nSPS) is 20.8. The van der Waals surface area contributed by atoms with E-state index in [-0.39, 0.29) is 23.3 Å². The summed E-state index contributed by atoms with van der Waals surface area (Å²) in [4.78, 5) is 22.7. The molecule has 110 valence electrons. The van der Waals surface area contributed by atoms with E-state index >= 15 is 0 Å². The first-order chi connectivity index (χ1) is 9.90. The van der Waals surface area contributed by atoms with E-state index in [9.17, 15) is 14.9 Å². The van der Waals surface area contributed by atoms with Crippen molar-refractivity contribution in [3.8, 4) is 0 Å². The number of nitrogens with zero attached hydrogens (tertiary/aromatic N) is 1. The van der Waals surface area contributed by atoms with E-state index in [4.69, 9.17) is 0 Å². The van der Waals surface area contributed by atoms with Crippen molar-refractivity contribution in [1.82, 2.24) is 0 Å². The average Bonchev–Trinajstić information content (AvgIpc) is 2.43. The fourth-order valence-electron chi connectivity index (χ4n) is 2.49. The van der Waals surface area contributed by atoms with Crippen molar-refractivity contribution < 1.29 is 9.72 Å². The van der Waals surface area contributed by atoms with Crippen molar-refractivity contribution in [2.75, 3.05) is 0 Å². The molecule has 1 unspecified atom stereocenters. The van der Waals surface area contributed by atoms with Gasteiger partial charge in [0.1, 0.15) is 0 Å². The minimum Gasteiger partial charge on any atom is -0.289 e. The number of non-ortho nitro benzene ring substituents is 1. The van der Waals surface area contributed by atoms with Crippen LogP contribution in [0.15, 0.2) is 41.5 Å². The number of nitro benzene ring substituents is 1. The standard InChI is InChI=1S/C17H19NO3/c1-11(2)15-9-4-12(3)16(17(15)19)10-13-5-7-14(8-6-13)18(20)21/h5-12H,4H2,1-3H3. The highest BCUT2D eigenvalue weighted by molar-refractivity contribution is 6.12. The van der Waals surface area contributed by atoms with Gasteiger partial charge in [0.15, 0.2) is 5.78 Å². The zero-order valence-electron chi connectivity index (χ0n) is 12.5. The largest absolute Gasteiger partial charge is 0.289 e. The quantitative estimate of drug-likeness (QED) is 0.475. The Kier molecular flexibility index (Phi) is 4.36.